The third-order valence-corrected chi connectivity index (χ3v) is 3.98. The van der Waals surface area contributed by atoms with Gasteiger partial charge in [0.25, 0.3) is 5.91 Å². The summed E-state index contributed by atoms with van der Waals surface area (Å²) in [7, 11) is 0. The standard InChI is InChI=1S/C21H20N2O4/c1-14-18(22-15(2)24)9-6-10-19(14)23-21(25)20-16(11-12-26-20)13-27-17-7-4-3-5-8-17/h3-12H,13H2,1-2H3,(H,22,24)(H,23,25). The van der Waals surface area contributed by atoms with Gasteiger partial charge in [-0.25, -0.2) is 0 Å². The maximum atomic E-state index is 12.6. The summed E-state index contributed by atoms with van der Waals surface area (Å²) in [6.45, 7) is 3.48. The number of furan rings is 1. The maximum Gasteiger partial charge on any atom is 0.291 e. The molecule has 0 bridgehead atoms. The molecule has 2 aromatic carbocycles. The Morgan fingerprint density at radius 3 is 2.37 bits per heavy atom. The van der Waals surface area contributed by atoms with Crippen molar-refractivity contribution in [3.63, 3.8) is 0 Å². The molecule has 1 heterocycles. The molecule has 0 aliphatic rings. The van der Waals surface area contributed by atoms with Crippen LogP contribution in [0.2, 0.25) is 0 Å². The van der Waals surface area contributed by atoms with Crippen LogP contribution in [0.4, 0.5) is 11.4 Å². The monoisotopic (exact) mass is 364 g/mol. The van der Waals surface area contributed by atoms with Gasteiger partial charge in [0.15, 0.2) is 5.76 Å². The van der Waals surface area contributed by atoms with Crippen molar-refractivity contribution in [3.05, 3.63) is 77.7 Å². The van der Waals surface area contributed by atoms with Crippen molar-refractivity contribution < 1.29 is 18.7 Å². The van der Waals surface area contributed by atoms with E-state index < -0.39 is 0 Å². The van der Waals surface area contributed by atoms with Crippen LogP contribution in [-0.2, 0) is 11.4 Å². The summed E-state index contributed by atoms with van der Waals surface area (Å²) >= 11 is 0. The summed E-state index contributed by atoms with van der Waals surface area (Å²) in [6.07, 6.45) is 1.46. The van der Waals surface area contributed by atoms with Crippen LogP contribution in [0.25, 0.3) is 0 Å². The molecule has 1 aromatic heterocycles. The lowest BCUT2D eigenvalue weighted by Gasteiger charge is -2.12. The second kappa shape index (κ2) is 8.23. The average molecular weight is 364 g/mol. The van der Waals surface area contributed by atoms with E-state index in [-0.39, 0.29) is 24.2 Å². The Hall–Kier alpha value is -3.54. The minimum atomic E-state index is -0.380. The molecule has 2 amide bonds. The maximum absolute atomic E-state index is 12.6. The first-order valence-corrected chi connectivity index (χ1v) is 8.47. The number of anilines is 2. The lowest BCUT2D eigenvalue weighted by atomic mass is 10.1. The second-order valence-electron chi connectivity index (χ2n) is 5.99. The van der Waals surface area contributed by atoms with Gasteiger partial charge in [0.1, 0.15) is 12.4 Å². The van der Waals surface area contributed by atoms with E-state index in [1.54, 1.807) is 24.3 Å². The number of nitrogens with one attached hydrogen (secondary N) is 2. The Bertz CT molecular complexity index is 948. The number of carbonyl (C=O) groups is 2. The third kappa shape index (κ3) is 4.55. The van der Waals surface area contributed by atoms with Gasteiger partial charge in [-0.1, -0.05) is 24.3 Å². The smallest absolute Gasteiger partial charge is 0.291 e. The van der Waals surface area contributed by atoms with E-state index in [2.05, 4.69) is 10.6 Å². The lowest BCUT2D eigenvalue weighted by Crippen LogP contribution is -2.15. The molecule has 0 atom stereocenters. The summed E-state index contributed by atoms with van der Waals surface area (Å²) < 4.78 is 11.1. The topological polar surface area (TPSA) is 80.6 Å². The number of benzene rings is 2. The molecule has 0 saturated carbocycles. The fraction of sp³-hybridized carbons (Fsp3) is 0.143. The first kappa shape index (κ1) is 18.3. The van der Waals surface area contributed by atoms with Crippen LogP contribution in [0.15, 0.2) is 65.3 Å². The van der Waals surface area contributed by atoms with E-state index in [9.17, 15) is 9.59 Å². The van der Waals surface area contributed by atoms with Crippen molar-refractivity contribution >= 4 is 23.2 Å². The molecule has 0 aliphatic carbocycles. The highest BCUT2D eigenvalue weighted by Gasteiger charge is 2.17. The molecular weight excluding hydrogens is 344 g/mol. The number of carbonyl (C=O) groups excluding carboxylic acids is 2. The van der Waals surface area contributed by atoms with Gasteiger partial charge < -0.3 is 19.8 Å². The first-order chi connectivity index (χ1) is 13.0. The van der Waals surface area contributed by atoms with E-state index in [0.29, 0.717) is 22.7 Å². The second-order valence-corrected chi connectivity index (χ2v) is 5.99. The number of hydrogen-bond donors (Lipinski definition) is 2. The molecule has 0 unspecified atom stereocenters. The van der Waals surface area contributed by atoms with Crippen LogP contribution in [-0.4, -0.2) is 11.8 Å². The van der Waals surface area contributed by atoms with E-state index in [1.165, 1.54) is 13.2 Å². The van der Waals surface area contributed by atoms with Crippen molar-refractivity contribution in [3.8, 4) is 5.75 Å². The molecule has 27 heavy (non-hydrogen) atoms. The van der Waals surface area contributed by atoms with Crippen LogP contribution in [0.5, 0.6) is 5.75 Å². The van der Waals surface area contributed by atoms with Crippen molar-refractivity contribution in [2.24, 2.45) is 0 Å². The summed E-state index contributed by atoms with van der Waals surface area (Å²) in [4.78, 5) is 23.9. The van der Waals surface area contributed by atoms with Crippen LogP contribution in [0, 0.1) is 6.92 Å². The van der Waals surface area contributed by atoms with Crippen LogP contribution < -0.4 is 15.4 Å². The first-order valence-electron chi connectivity index (χ1n) is 8.47. The number of amides is 2. The van der Waals surface area contributed by atoms with Gasteiger partial charge in [-0.2, -0.15) is 0 Å². The third-order valence-electron chi connectivity index (χ3n) is 3.98. The number of para-hydroxylation sites is 1. The van der Waals surface area contributed by atoms with Crippen molar-refractivity contribution in [2.75, 3.05) is 10.6 Å². The molecule has 0 aliphatic heterocycles. The summed E-state index contributed by atoms with van der Waals surface area (Å²) in [5.74, 6) is 0.349. The molecule has 0 saturated heterocycles. The molecule has 0 fully saturated rings. The van der Waals surface area contributed by atoms with Gasteiger partial charge in [0.2, 0.25) is 5.91 Å². The van der Waals surface area contributed by atoms with Crippen molar-refractivity contribution in [2.45, 2.75) is 20.5 Å². The number of hydrogen-bond acceptors (Lipinski definition) is 4. The zero-order valence-electron chi connectivity index (χ0n) is 15.1. The van der Waals surface area contributed by atoms with Gasteiger partial charge in [-0.05, 0) is 42.8 Å². The molecule has 0 radical (unpaired) electrons. The summed E-state index contributed by atoms with van der Waals surface area (Å²) in [6, 6.07) is 16.4. The van der Waals surface area contributed by atoms with Crippen LogP contribution in [0.3, 0.4) is 0 Å². The van der Waals surface area contributed by atoms with E-state index in [0.717, 1.165) is 5.56 Å². The van der Waals surface area contributed by atoms with Crippen LogP contribution in [0.1, 0.15) is 28.6 Å². The largest absolute Gasteiger partial charge is 0.489 e. The summed E-state index contributed by atoms with van der Waals surface area (Å²) in [5, 5.41) is 5.56. The molecule has 138 valence electrons. The fourth-order valence-corrected chi connectivity index (χ4v) is 2.60. The number of ether oxygens (including phenoxy) is 1. The van der Waals surface area contributed by atoms with E-state index in [4.69, 9.17) is 9.15 Å². The number of rotatable bonds is 6. The van der Waals surface area contributed by atoms with Crippen LogP contribution >= 0.6 is 0 Å². The SMILES string of the molecule is CC(=O)Nc1cccc(NC(=O)c2occc2COc2ccccc2)c1C. The Morgan fingerprint density at radius 1 is 0.963 bits per heavy atom. The lowest BCUT2D eigenvalue weighted by molar-refractivity contribution is -0.114. The molecule has 3 rings (SSSR count). The van der Waals surface area contributed by atoms with Gasteiger partial charge in [-0.3, -0.25) is 9.59 Å². The Morgan fingerprint density at radius 2 is 1.67 bits per heavy atom. The van der Waals surface area contributed by atoms with Crippen molar-refractivity contribution in [1.29, 1.82) is 0 Å². The Balaban J connectivity index is 1.72. The Kier molecular flexibility index (Phi) is 5.56. The molecular formula is C21H20N2O4. The van der Waals surface area contributed by atoms with E-state index in [1.807, 2.05) is 37.3 Å². The highest BCUT2D eigenvalue weighted by molar-refractivity contribution is 6.04. The minimum absolute atomic E-state index is 0.173. The highest BCUT2D eigenvalue weighted by atomic mass is 16.5. The minimum Gasteiger partial charge on any atom is -0.489 e. The van der Waals surface area contributed by atoms with E-state index >= 15 is 0 Å². The zero-order valence-corrected chi connectivity index (χ0v) is 15.1. The predicted octanol–water partition coefficient (Wildman–Crippen LogP) is 4.38. The summed E-state index contributed by atoms with van der Waals surface area (Å²) in [5.41, 5.74) is 2.65. The van der Waals surface area contributed by atoms with Gasteiger partial charge in [0.05, 0.1) is 6.26 Å². The van der Waals surface area contributed by atoms with Gasteiger partial charge in [-0.15, -0.1) is 0 Å². The zero-order chi connectivity index (χ0) is 19.2. The molecule has 0 spiro atoms. The van der Waals surface area contributed by atoms with Gasteiger partial charge >= 0.3 is 0 Å². The molecule has 2 N–H and O–H groups in total. The van der Waals surface area contributed by atoms with Gasteiger partial charge in [0, 0.05) is 23.9 Å². The Labute approximate surface area is 157 Å². The highest BCUT2D eigenvalue weighted by Crippen LogP contribution is 2.24. The molecule has 3 aromatic rings. The average Bonchev–Trinajstić information content (AvgIpc) is 3.12. The van der Waals surface area contributed by atoms with Crippen molar-refractivity contribution in [1.82, 2.24) is 0 Å². The fourth-order valence-electron chi connectivity index (χ4n) is 2.60. The predicted molar refractivity (Wildman–Crippen MR) is 103 cm³/mol. The molecule has 6 nitrogen and oxygen atoms in total. The quantitative estimate of drug-likeness (QED) is 0.680. The normalized spacial score (nSPS) is 10.3. The molecule has 6 heteroatoms.